The summed E-state index contributed by atoms with van der Waals surface area (Å²) >= 11 is 0. The van der Waals surface area contributed by atoms with Crippen molar-refractivity contribution in [3.63, 3.8) is 0 Å². The molecule has 1 fully saturated rings. The third kappa shape index (κ3) is 2.62. The molecule has 0 bridgehead atoms. The van der Waals surface area contributed by atoms with Gasteiger partial charge < -0.3 is 9.47 Å². The summed E-state index contributed by atoms with van der Waals surface area (Å²) < 4.78 is 11.6. The Kier molecular flexibility index (Phi) is 3.10. The van der Waals surface area contributed by atoms with E-state index in [9.17, 15) is 14.4 Å². The third-order valence-electron chi connectivity index (χ3n) is 2.43. The van der Waals surface area contributed by atoms with Crippen molar-refractivity contribution in [2.24, 2.45) is 0 Å². The van der Waals surface area contributed by atoms with E-state index in [-0.39, 0.29) is 18.7 Å². The lowest BCUT2D eigenvalue weighted by molar-refractivity contribution is -0.146. The quantitative estimate of drug-likeness (QED) is 0.696. The Bertz CT molecular complexity index is 532. The van der Waals surface area contributed by atoms with Crippen molar-refractivity contribution in [1.82, 2.24) is 9.55 Å². The molecule has 1 aliphatic rings. The molecule has 0 aromatic carbocycles. The van der Waals surface area contributed by atoms with Gasteiger partial charge in [-0.2, -0.15) is 0 Å². The molecule has 7 nitrogen and oxygen atoms in total. The largest absolute Gasteiger partial charge is 0.460 e. The molecule has 1 saturated heterocycles. The minimum atomic E-state index is -0.536. The standard InChI is InChI=1S/C10H12N2O5/c1-6(13)17-7-4-9(16-5-7)12-3-2-8(14)11-10(12)15/h2-3,7,9H,4-5H2,1H3,(H,11,14,15)/t7-,9-/m1/s1. The molecule has 2 rings (SSSR count). The number of nitrogens with one attached hydrogen (secondary N) is 1. The van der Waals surface area contributed by atoms with Crippen LogP contribution < -0.4 is 11.2 Å². The van der Waals surface area contributed by atoms with Gasteiger partial charge in [-0.3, -0.25) is 19.1 Å². The van der Waals surface area contributed by atoms with E-state index in [0.29, 0.717) is 6.42 Å². The normalized spacial score (nSPS) is 23.6. The first-order valence-electron chi connectivity index (χ1n) is 5.16. The number of rotatable bonds is 2. The Labute approximate surface area is 96.0 Å². The molecule has 17 heavy (non-hydrogen) atoms. The number of nitrogens with zero attached hydrogens (tertiary/aromatic N) is 1. The molecule has 92 valence electrons. The van der Waals surface area contributed by atoms with Crippen LogP contribution in [0.25, 0.3) is 0 Å². The van der Waals surface area contributed by atoms with Crippen molar-refractivity contribution >= 4 is 5.97 Å². The van der Waals surface area contributed by atoms with Gasteiger partial charge in [0.1, 0.15) is 12.3 Å². The topological polar surface area (TPSA) is 90.4 Å². The first kappa shape index (κ1) is 11.6. The number of H-pyrrole nitrogens is 1. The molecule has 1 N–H and O–H groups in total. The van der Waals surface area contributed by atoms with Gasteiger partial charge in [0.2, 0.25) is 0 Å². The number of carbonyl (C=O) groups excluding carboxylic acids is 1. The average Bonchev–Trinajstić information content (AvgIpc) is 2.65. The second-order valence-corrected chi connectivity index (χ2v) is 3.77. The number of aromatic nitrogens is 2. The molecule has 0 saturated carbocycles. The summed E-state index contributed by atoms with van der Waals surface area (Å²) in [6, 6.07) is 1.24. The van der Waals surface area contributed by atoms with Crippen molar-refractivity contribution in [2.75, 3.05) is 6.61 Å². The molecule has 2 atom stereocenters. The number of hydrogen-bond acceptors (Lipinski definition) is 5. The van der Waals surface area contributed by atoms with Crippen LogP contribution in [0.15, 0.2) is 21.9 Å². The van der Waals surface area contributed by atoms with Crippen LogP contribution in [-0.4, -0.2) is 28.2 Å². The number of esters is 1. The first-order chi connectivity index (χ1) is 8.06. The molecule has 2 heterocycles. The summed E-state index contributed by atoms with van der Waals surface area (Å²) in [6.45, 7) is 1.56. The van der Waals surface area contributed by atoms with E-state index in [2.05, 4.69) is 4.98 Å². The zero-order valence-corrected chi connectivity index (χ0v) is 9.21. The molecule has 0 unspecified atom stereocenters. The maximum absolute atomic E-state index is 11.5. The van der Waals surface area contributed by atoms with E-state index in [4.69, 9.17) is 9.47 Å². The number of hydrogen-bond donors (Lipinski definition) is 1. The Morgan fingerprint density at radius 2 is 2.35 bits per heavy atom. The van der Waals surface area contributed by atoms with Crippen LogP contribution in [0, 0.1) is 0 Å². The zero-order valence-electron chi connectivity index (χ0n) is 9.21. The van der Waals surface area contributed by atoms with E-state index >= 15 is 0 Å². The summed E-state index contributed by atoms with van der Waals surface area (Å²) in [5.41, 5.74) is -0.994. The fourth-order valence-corrected chi connectivity index (χ4v) is 1.74. The Hall–Kier alpha value is -1.89. The van der Waals surface area contributed by atoms with Crippen LogP contribution in [0.1, 0.15) is 19.6 Å². The molecule has 0 radical (unpaired) electrons. The number of carbonyl (C=O) groups is 1. The van der Waals surface area contributed by atoms with E-state index < -0.39 is 17.5 Å². The van der Waals surface area contributed by atoms with Gasteiger partial charge in [0.05, 0.1) is 6.61 Å². The maximum Gasteiger partial charge on any atom is 0.330 e. The van der Waals surface area contributed by atoms with Crippen molar-refractivity contribution in [3.05, 3.63) is 33.1 Å². The Morgan fingerprint density at radius 1 is 1.59 bits per heavy atom. The molecule has 1 aliphatic heterocycles. The highest BCUT2D eigenvalue weighted by Gasteiger charge is 2.29. The number of aromatic amines is 1. The third-order valence-corrected chi connectivity index (χ3v) is 2.43. The van der Waals surface area contributed by atoms with Crippen LogP contribution in [0.2, 0.25) is 0 Å². The molecule has 0 amide bonds. The van der Waals surface area contributed by atoms with Gasteiger partial charge in [0.15, 0.2) is 0 Å². The Morgan fingerprint density at radius 3 is 3.00 bits per heavy atom. The second-order valence-electron chi connectivity index (χ2n) is 3.77. The van der Waals surface area contributed by atoms with Crippen molar-refractivity contribution < 1.29 is 14.3 Å². The minimum absolute atomic E-state index is 0.246. The van der Waals surface area contributed by atoms with E-state index in [1.165, 1.54) is 23.8 Å². The maximum atomic E-state index is 11.5. The predicted octanol–water partition coefficient (Wildman–Crippen LogP) is -0.613. The summed E-state index contributed by atoms with van der Waals surface area (Å²) in [6.07, 6.45) is 0.896. The van der Waals surface area contributed by atoms with Crippen LogP contribution in [-0.2, 0) is 14.3 Å². The average molecular weight is 240 g/mol. The first-order valence-corrected chi connectivity index (χ1v) is 5.16. The highest BCUT2D eigenvalue weighted by molar-refractivity contribution is 5.66. The van der Waals surface area contributed by atoms with Gasteiger partial charge in [-0.15, -0.1) is 0 Å². The highest BCUT2D eigenvalue weighted by Crippen LogP contribution is 2.23. The molecule has 7 heteroatoms. The summed E-state index contributed by atoms with van der Waals surface area (Å²) in [4.78, 5) is 35.3. The van der Waals surface area contributed by atoms with Gasteiger partial charge in [-0.1, -0.05) is 0 Å². The Balaban J connectivity index is 2.12. The van der Waals surface area contributed by atoms with Crippen molar-refractivity contribution in [2.45, 2.75) is 25.7 Å². The summed E-state index contributed by atoms with van der Waals surface area (Å²) in [5.74, 6) is -0.381. The number of ether oxygens (including phenoxy) is 2. The predicted molar refractivity (Wildman–Crippen MR) is 56.5 cm³/mol. The van der Waals surface area contributed by atoms with Crippen LogP contribution in [0.5, 0.6) is 0 Å². The zero-order chi connectivity index (χ0) is 12.4. The summed E-state index contributed by atoms with van der Waals surface area (Å²) in [5, 5.41) is 0. The molecular weight excluding hydrogens is 228 g/mol. The molecule has 0 aliphatic carbocycles. The summed E-state index contributed by atoms with van der Waals surface area (Å²) in [7, 11) is 0. The van der Waals surface area contributed by atoms with Gasteiger partial charge in [0.25, 0.3) is 5.56 Å². The SMILES string of the molecule is CC(=O)O[C@H]1CO[C@@H](n2ccc(=O)[nH]c2=O)C1. The van der Waals surface area contributed by atoms with E-state index in [0.717, 1.165) is 0 Å². The van der Waals surface area contributed by atoms with E-state index in [1.807, 2.05) is 0 Å². The fourth-order valence-electron chi connectivity index (χ4n) is 1.74. The van der Waals surface area contributed by atoms with Gasteiger partial charge in [0, 0.05) is 25.6 Å². The molecular formula is C10H12N2O5. The van der Waals surface area contributed by atoms with Gasteiger partial charge >= 0.3 is 11.7 Å². The lowest BCUT2D eigenvalue weighted by atomic mass is 10.3. The fraction of sp³-hybridized carbons (Fsp3) is 0.500. The van der Waals surface area contributed by atoms with Crippen LogP contribution >= 0.6 is 0 Å². The smallest absolute Gasteiger partial charge is 0.330 e. The molecule has 0 spiro atoms. The van der Waals surface area contributed by atoms with Gasteiger partial charge in [-0.05, 0) is 0 Å². The highest BCUT2D eigenvalue weighted by atomic mass is 16.6. The monoisotopic (exact) mass is 240 g/mol. The minimum Gasteiger partial charge on any atom is -0.460 e. The van der Waals surface area contributed by atoms with E-state index in [1.54, 1.807) is 0 Å². The molecule has 1 aromatic rings. The van der Waals surface area contributed by atoms with Crippen molar-refractivity contribution in [1.29, 1.82) is 0 Å². The lowest BCUT2D eigenvalue weighted by Crippen LogP contribution is -2.31. The molecule has 1 aromatic heterocycles. The van der Waals surface area contributed by atoms with Crippen LogP contribution in [0.4, 0.5) is 0 Å². The van der Waals surface area contributed by atoms with Crippen molar-refractivity contribution in [3.8, 4) is 0 Å². The van der Waals surface area contributed by atoms with Gasteiger partial charge in [-0.25, -0.2) is 4.79 Å². The van der Waals surface area contributed by atoms with Crippen LogP contribution in [0.3, 0.4) is 0 Å². The lowest BCUT2D eigenvalue weighted by Gasteiger charge is -2.11. The second kappa shape index (κ2) is 4.54.